The number of nitrogens with one attached hydrogen (secondary N) is 1. The van der Waals surface area contributed by atoms with Crippen molar-refractivity contribution < 1.29 is 13.2 Å². The normalized spacial score (nSPS) is 19.4. The number of amides is 1. The van der Waals surface area contributed by atoms with Crippen LogP contribution in [0.5, 0.6) is 0 Å². The summed E-state index contributed by atoms with van der Waals surface area (Å²) in [6.07, 6.45) is 3.32. The molecule has 0 spiro atoms. The zero-order chi connectivity index (χ0) is 19.3. The first-order chi connectivity index (χ1) is 12.9. The first-order valence-electron chi connectivity index (χ1n) is 9.28. The van der Waals surface area contributed by atoms with Gasteiger partial charge in [0, 0.05) is 13.1 Å². The Balaban J connectivity index is 1.74. The second-order valence-electron chi connectivity index (χ2n) is 7.12. The molecule has 2 aromatic rings. The standard InChI is InChI=1S/C21H26N2O3S/c1-27(25,26)23-14-8-13-19(16-23)21(24)22-20(18-11-6-3-7-12-18)15-17-9-4-2-5-10-17/h2-7,9-12,19-20H,8,13-16H2,1H3,(H,22,24). The van der Waals surface area contributed by atoms with Crippen LogP contribution in [0.1, 0.15) is 30.0 Å². The zero-order valence-corrected chi connectivity index (χ0v) is 16.4. The number of piperidine rings is 1. The topological polar surface area (TPSA) is 66.5 Å². The van der Waals surface area contributed by atoms with Crippen LogP contribution in [0, 0.1) is 5.92 Å². The number of carbonyl (C=O) groups excluding carboxylic acids is 1. The number of rotatable bonds is 6. The van der Waals surface area contributed by atoms with Crippen LogP contribution in [0.25, 0.3) is 0 Å². The van der Waals surface area contributed by atoms with Gasteiger partial charge in [-0.25, -0.2) is 12.7 Å². The summed E-state index contributed by atoms with van der Waals surface area (Å²) in [5.74, 6) is -0.386. The highest BCUT2D eigenvalue weighted by atomic mass is 32.2. The maximum absolute atomic E-state index is 12.9. The molecule has 1 N–H and O–H groups in total. The second-order valence-corrected chi connectivity index (χ2v) is 9.10. The van der Waals surface area contributed by atoms with Crippen molar-refractivity contribution in [3.63, 3.8) is 0 Å². The lowest BCUT2D eigenvalue weighted by molar-refractivity contribution is -0.126. The summed E-state index contributed by atoms with van der Waals surface area (Å²) in [5.41, 5.74) is 2.19. The van der Waals surface area contributed by atoms with Crippen LogP contribution in [0.15, 0.2) is 60.7 Å². The van der Waals surface area contributed by atoms with Crippen molar-refractivity contribution in [1.82, 2.24) is 9.62 Å². The molecule has 144 valence electrons. The van der Waals surface area contributed by atoms with Crippen molar-refractivity contribution in [1.29, 1.82) is 0 Å². The molecule has 2 aromatic carbocycles. The fourth-order valence-electron chi connectivity index (χ4n) is 3.53. The van der Waals surface area contributed by atoms with Gasteiger partial charge in [0.05, 0.1) is 18.2 Å². The molecule has 1 aliphatic rings. The van der Waals surface area contributed by atoms with Gasteiger partial charge in [-0.1, -0.05) is 60.7 Å². The molecule has 1 amide bonds. The first-order valence-corrected chi connectivity index (χ1v) is 11.1. The average molecular weight is 387 g/mol. The van der Waals surface area contributed by atoms with Gasteiger partial charge < -0.3 is 5.32 Å². The summed E-state index contributed by atoms with van der Waals surface area (Å²) in [6, 6.07) is 19.8. The molecule has 1 fully saturated rings. The van der Waals surface area contributed by atoms with E-state index in [-0.39, 0.29) is 24.4 Å². The van der Waals surface area contributed by atoms with E-state index >= 15 is 0 Å². The fraction of sp³-hybridized carbons (Fsp3) is 0.381. The zero-order valence-electron chi connectivity index (χ0n) is 15.5. The van der Waals surface area contributed by atoms with Crippen LogP contribution in [-0.4, -0.2) is 38.0 Å². The predicted molar refractivity (Wildman–Crippen MR) is 107 cm³/mol. The Morgan fingerprint density at radius 3 is 2.37 bits per heavy atom. The first kappa shape index (κ1) is 19.6. The highest BCUT2D eigenvalue weighted by molar-refractivity contribution is 7.88. The summed E-state index contributed by atoms with van der Waals surface area (Å²) in [6.45, 7) is 0.756. The summed E-state index contributed by atoms with van der Waals surface area (Å²) >= 11 is 0. The van der Waals surface area contributed by atoms with Gasteiger partial charge in [-0.15, -0.1) is 0 Å². The maximum Gasteiger partial charge on any atom is 0.224 e. The highest BCUT2D eigenvalue weighted by Crippen LogP contribution is 2.23. The number of benzene rings is 2. The van der Waals surface area contributed by atoms with Gasteiger partial charge in [0.25, 0.3) is 0 Å². The third-order valence-electron chi connectivity index (χ3n) is 5.03. The quantitative estimate of drug-likeness (QED) is 0.830. The summed E-state index contributed by atoms with van der Waals surface area (Å²) in [5, 5.41) is 3.16. The van der Waals surface area contributed by atoms with Gasteiger partial charge in [0.15, 0.2) is 0 Å². The minimum Gasteiger partial charge on any atom is -0.349 e. The summed E-state index contributed by atoms with van der Waals surface area (Å²) in [4.78, 5) is 12.9. The molecule has 2 atom stereocenters. The van der Waals surface area contributed by atoms with Crippen LogP contribution in [-0.2, 0) is 21.2 Å². The largest absolute Gasteiger partial charge is 0.349 e. The molecule has 1 saturated heterocycles. The van der Waals surface area contributed by atoms with Gasteiger partial charge in [0.2, 0.25) is 15.9 Å². The van der Waals surface area contributed by atoms with Gasteiger partial charge in [-0.05, 0) is 30.4 Å². The molecule has 2 unspecified atom stereocenters. The number of sulfonamides is 1. The van der Waals surface area contributed by atoms with Gasteiger partial charge in [0.1, 0.15) is 0 Å². The van der Waals surface area contributed by atoms with Crippen molar-refractivity contribution in [2.45, 2.75) is 25.3 Å². The van der Waals surface area contributed by atoms with Crippen molar-refractivity contribution in [2.24, 2.45) is 5.92 Å². The monoisotopic (exact) mass is 386 g/mol. The number of hydrogen-bond donors (Lipinski definition) is 1. The van der Waals surface area contributed by atoms with Crippen LogP contribution in [0.2, 0.25) is 0 Å². The molecule has 5 nitrogen and oxygen atoms in total. The number of nitrogens with zero attached hydrogens (tertiary/aromatic N) is 1. The molecular formula is C21H26N2O3S. The van der Waals surface area contributed by atoms with Crippen LogP contribution >= 0.6 is 0 Å². The predicted octanol–water partition coefficient (Wildman–Crippen LogP) is 2.76. The highest BCUT2D eigenvalue weighted by Gasteiger charge is 2.31. The molecule has 0 aliphatic carbocycles. The minimum absolute atomic E-state index is 0.0758. The lowest BCUT2D eigenvalue weighted by Gasteiger charge is -2.31. The van der Waals surface area contributed by atoms with Crippen molar-refractivity contribution >= 4 is 15.9 Å². The van der Waals surface area contributed by atoms with E-state index in [2.05, 4.69) is 5.32 Å². The smallest absolute Gasteiger partial charge is 0.224 e. The van der Waals surface area contributed by atoms with E-state index in [9.17, 15) is 13.2 Å². The van der Waals surface area contributed by atoms with Crippen LogP contribution in [0.4, 0.5) is 0 Å². The number of carbonyl (C=O) groups is 1. The molecular weight excluding hydrogens is 360 g/mol. The molecule has 0 saturated carbocycles. The lowest BCUT2D eigenvalue weighted by Crippen LogP contribution is -2.46. The van der Waals surface area contributed by atoms with E-state index in [1.54, 1.807) is 0 Å². The van der Waals surface area contributed by atoms with Gasteiger partial charge in [-0.2, -0.15) is 0 Å². The van der Waals surface area contributed by atoms with E-state index in [1.807, 2.05) is 60.7 Å². The molecule has 0 radical (unpaired) electrons. The van der Waals surface area contributed by atoms with Crippen molar-refractivity contribution in [2.75, 3.05) is 19.3 Å². The lowest BCUT2D eigenvalue weighted by atomic mass is 9.95. The van der Waals surface area contributed by atoms with E-state index < -0.39 is 10.0 Å². The molecule has 6 heteroatoms. The second kappa shape index (κ2) is 8.67. The Morgan fingerprint density at radius 2 is 1.74 bits per heavy atom. The Hall–Kier alpha value is -2.18. The molecule has 27 heavy (non-hydrogen) atoms. The Bertz CT molecular complexity index is 854. The van der Waals surface area contributed by atoms with Gasteiger partial charge in [-0.3, -0.25) is 4.79 Å². The molecule has 0 bridgehead atoms. The summed E-state index contributed by atoms with van der Waals surface area (Å²) in [7, 11) is -3.27. The van der Waals surface area contributed by atoms with Crippen molar-refractivity contribution in [3.05, 3.63) is 71.8 Å². The van der Waals surface area contributed by atoms with E-state index in [1.165, 1.54) is 10.6 Å². The Kier molecular flexibility index (Phi) is 6.29. The van der Waals surface area contributed by atoms with Gasteiger partial charge >= 0.3 is 0 Å². The molecule has 3 rings (SSSR count). The van der Waals surface area contributed by atoms with Crippen LogP contribution < -0.4 is 5.32 Å². The van der Waals surface area contributed by atoms with Crippen LogP contribution in [0.3, 0.4) is 0 Å². The van der Waals surface area contributed by atoms with E-state index in [4.69, 9.17) is 0 Å². The third kappa shape index (κ3) is 5.40. The molecule has 1 heterocycles. The number of hydrogen-bond acceptors (Lipinski definition) is 3. The fourth-order valence-corrected chi connectivity index (χ4v) is 4.45. The summed E-state index contributed by atoms with van der Waals surface area (Å²) < 4.78 is 25.1. The average Bonchev–Trinajstić information content (AvgIpc) is 2.68. The Morgan fingerprint density at radius 1 is 1.11 bits per heavy atom. The van der Waals surface area contributed by atoms with Crippen molar-refractivity contribution in [3.8, 4) is 0 Å². The SMILES string of the molecule is CS(=O)(=O)N1CCCC(C(=O)NC(Cc2ccccc2)c2ccccc2)C1. The molecule has 1 aliphatic heterocycles. The maximum atomic E-state index is 12.9. The Labute approximate surface area is 161 Å². The third-order valence-corrected chi connectivity index (χ3v) is 6.29. The molecule has 0 aromatic heterocycles. The minimum atomic E-state index is -3.27. The van der Waals surface area contributed by atoms with E-state index in [0.29, 0.717) is 25.8 Å². The van der Waals surface area contributed by atoms with E-state index in [0.717, 1.165) is 11.1 Å².